The van der Waals surface area contributed by atoms with Crippen molar-refractivity contribution < 1.29 is 165 Å². The van der Waals surface area contributed by atoms with Crippen LogP contribution in [0.2, 0.25) is 0 Å². The summed E-state index contributed by atoms with van der Waals surface area (Å²) in [6.45, 7) is 11.6. The Balaban J connectivity index is 1.71. The van der Waals surface area contributed by atoms with Crippen LogP contribution in [-0.2, 0) is 119 Å². The molecule has 3 aliphatic rings. The van der Waals surface area contributed by atoms with E-state index in [9.17, 15) is 93.9 Å². The summed E-state index contributed by atoms with van der Waals surface area (Å²) in [5.41, 5.74) is 0.181. The summed E-state index contributed by atoms with van der Waals surface area (Å²) in [5.74, 6) is -5.02. The van der Waals surface area contributed by atoms with Crippen LogP contribution in [0.1, 0.15) is 228 Å². The molecule has 0 spiro atoms. The number of carbonyl (C=O) groups is 10. The van der Waals surface area contributed by atoms with Crippen molar-refractivity contribution in [1.82, 2.24) is 53.2 Å². The van der Waals surface area contributed by atoms with E-state index in [0.29, 0.717) is 51.6 Å². The fourth-order valence-electron chi connectivity index (χ4n) is 15.0. The fraction of sp³-hybridized carbons (Fsp3) is 0.891. The lowest BCUT2D eigenvalue weighted by atomic mass is 9.89. The first kappa shape index (κ1) is 124. The van der Waals surface area contributed by atoms with Crippen LogP contribution < -0.4 is 53.2 Å². The zero-order valence-electron chi connectivity index (χ0n) is 81.7. The van der Waals surface area contributed by atoms with Gasteiger partial charge in [-0.05, 0) is 82.5 Å². The van der Waals surface area contributed by atoms with Crippen LogP contribution in [0.25, 0.3) is 0 Å². The summed E-state index contributed by atoms with van der Waals surface area (Å²) in [7, 11) is 0. The molecule has 0 aromatic carbocycles. The number of unbranched alkanes of at least 4 members (excludes halogenated alkanes) is 18. The van der Waals surface area contributed by atoms with Gasteiger partial charge < -0.3 is 170 Å². The minimum Gasteiger partial charge on any atom is -0.394 e. The van der Waals surface area contributed by atoms with Gasteiger partial charge in [0.2, 0.25) is 59.1 Å². The molecular weight excluding hydrogens is 1790 g/mol. The molecule has 3 heterocycles. The van der Waals surface area contributed by atoms with Crippen molar-refractivity contribution in [2.45, 2.75) is 338 Å². The Morgan fingerprint density at radius 1 is 0.301 bits per heavy atom. The Morgan fingerprint density at radius 3 is 0.904 bits per heavy atom. The van der Waals surface area contributed by atoms with Crippen LogP contribution in [0.15, 0.2) is 0 Å². The summed E-state index contributed by atoms with van der Waals surface area (Å²) in [4.78, 5) is 132. The third-order valence-electron chi connectivity index (χ3n) is 22.5. The van der Waals surface area contributed by atoms with Crippen LogP contribution in [-0.4, -0.2) is 400 Å². The summed E-state index contributed by atoms with van der Waals surface area (Å²) in [6.07, 6.45) is 6.93. The predicted octanol–water partition coefficient (Wildman–Crippen LogP) is -1.08. The van der Waals surface area contributed by atoms with E-state index in [1.54, 1.807) is 0 Å². The standard InChI is InChI=1S/C92H170N10O34/c1-8-9-10-11-12-13-14-15-16-17-18-19-22-34-73(109)93-36-28-23-31-67(86(119)96-39-27-21-20-26-35-92(5,6)7)101-88(121)69(33-25-30-38-95-75(111)62-129-50-47-123-41-44-126-53-56-132-90-78(98-65(3)107)84(117)81(114)71(59-104)135-90)102-87(120)68(100-76(112)63-130-51-48-124-42-45-127-54-57-133-91-79(99-66(4)108)85(118)82(115)72(60-105)136-91)32-24-29-37-94-74(110)61-128-49-46-122-40-43-125-52-55-131-89-77(97-64(2)106)83(116)80(113)70(58-103)134-89/h67-72,77-85,89-91,103-105,113-118H,8-63H2,1-7H3,(H,93,109)(H,94,110)(H,95,111)(H,96,119)(H,97,106)(H,98,107)(H,99,108)(H,100,112)(H,101,121)(H,102,120)/t67-,68+,69+,70-,71-,72-,77-,78-,79-,80+,81+,82+,83-,84-,85-,89-,90-,91-/m1/s1. The minimum atomic E-state index is -1.49. The van der Waals surface area contributed by atoms with E-state index < -0.39 is 190 Å². The van der Waals surface area contributed by atoms with E-state index in [4.69, 9.17) is 71.1 Å². The molecule has 3 fully saturated rings. The summed E-state index contributed by atoms with van der Waals surface area (Å²) in [5, 5.41) is 119. The lowest BCUT2D eigenvalue weighted by Crippen LogP contribution is -2.64. The molecule has 3 aliphatic heterocycles. The zero-order chi connectivity index (χ0) is 99.9. The van der Waals surface area contributed by atoms with Gasteiger partial charge in [0.1, 0.15) is 111 Å². The van der Waals surface area contributed by atoms with Crippen molar-refractivity contribution in [3.8, 4) is 0 Å². The molecular formula is C92H170N10O34. The molecule has 44 nitrogen and oxygen atoms in total. The van der Waals surface area contributed by atoms with Crippen LogP contribution in [0.4, 0.5) is 0 Å². The Labute approximate surface area is 802 Å². The first-order valence-electron chi connectivity index (χ1n) is 49.2. The van der Waals surface area contributed by atoms with Crippen LogP contribution in [0, 0.1) is 5.41 Å². The van der Waals surface area contributed by atoms with Gasteiger partial charge in [0.05, 0.1) is 139 Å². The number of carbonyl (C=O) groups excluding carboxylic acids is 10. The number of ether oxygens (including phenoxy) is 15. The molecule has 136 heavy (non-hydrogen) atoms. The van der Waals surface area contributed by atoms with E-state index in [-0.39, 0.29) is 189 Å². The highest BCUT2D eigenvalue weighted by atomic mass is 16.7. The lowest BCUT2D eigenvalue weighted by Gasteiger charge is -2.42. The lowest BCUT2D eigenvalue weighted by molar-refractivity contribution is -0.272. The Kier molecular flexibility index (Phi) is 70.5. The molecule has 3 rings (SSSR count). The molecule has 792 valence electrons. The van der Waals surface area contributed by atoms with Crippen molar-refractivity contribution in [2.24, 2.45) is 5.41 Å². The van der Waals surface area contributed by atoms with E-state index in [2.05, 4.69) is 80.9 Å². The molecule has 10 amide bonds. The number of hydrogen-bond donors (Lipinski definition) is 19. The van der Waals surface area contributed by atoms with Crippen LogP contribution in [0.3, 0.4) is 0 Å². The van der Waals surface area contributed by atoms with E-state index in [0.717, 1.165) is 51.4 Å². The molecule has 0 aromatic rings. The van der Waals surface area contributed by atoms with Crippen molar-refractivity contribution in [2.75, 3.05) is 185 Å². The number of rotatable bonds is 83. The number of hydrogen-bond acceptors (Lipinski definition) is 34. The first-order valence-corrected chi connectivity index (χ1v) is 49.2. The normalized spacial score (nSPS) is 22.4. The maximum atomic E-state index is 14.9. The Morgan fingerprint density at radius 2 is 0.574 bits per heavy atom. The quantitative estimate of drug-likeness (QED) is 0.0322. The highest BCUT2D eigenvalue weighted by Crippen LogP contribution is 2.27. The van der Waals surface area contributed by atoms with Gasteiger partial charge in [0, 0.05) is 53.4 Å². The fourth-order valence-corrected chi connectivity index (χ4v) is 15.0. The minimum absolute atomic E-state index is 0.00241. The van der Waals surface area contributed by atoms with Crippen molar-refractivity contribution in [3.63, 3.8) is 0 Å². The number of aliphatic hydroxyl groups excluding tert-OH is 9. The van der Waals surface area contributed by atoms with E-state index >= 15 is 0 Å². The third kappa shape index (κ3) is 58.2. The molecule has 18 atom stereocenters. The maximum absolute atomic E-state index is 14.9. The van der Waals surface area contributed by atoms with Gasteiger partial charge >= 0.3 is 0 Å². The molecule has 0 bridgehead atoms. The molecule has 0 saturated carbocycles. The SMILES string of the molecule is CCCCCCCCCCCCCCCC(=O)NCCCC[C@@H](NC(=O)[C@H](CCCCNC(=O)COCCOCCOCCO[C@@H]1O[C@H](CO)[C@H](O)[C@H](O)[C@H]1NC(C)=O)NC(=O)[C@H](CCCCNC(=O)COCCOCCOCCO[C@@H]1O[C@H](CO)[C@H](O)[C@H](O)[C@H]1NC(C)=O)NC(=O)COCCOCCOCCO[C@@H]1O[C@H](CO)[C@H](O)[C@H](O)[C@H]1NC(C)=O)C(=O)NCCCCCCC(C)(C)C. The topological polar surface area (TPSA) is 612 Å². The average molecular weight is 1960 g/mol. The second-order valence-electron chi connectivity index (χ2n) is 35.5. The van der Waals surface area contributed by atoms with Crippen LogP contribution >= 0.6 is 0 Å². The molecule has 0 aliphatic carbocycles. The van der Waals surface area contributed by atoms with Gasteiger partial charge in [0.25, 0.3) is 0 Å². The van der Waals surface area contributed by atoms with Gasteiger partial charge in [-0.2, -0.15) is 0 Å². The molecule has 19 N–H and O–H groups in total. The Hall–Kier alpha value is -6.26. The smallest absolute Gasteiger partial charge is 0.246 e. The zero-order valence-corrected chi connectivity index (χ0v) is 81.7. The van der Waals surface area contributed by atoms with Gasteiger partial charge in [-0.25, -0.2) is 0 Å². The maximum Gasteiger partial charge on any atom is 0.246 e. The van der Waals surface area contributed by atoms with E-state index in [1.165, 1.54) is 78.6 Å². The van der Waals surface area contributed by atoms with E-state index in [1.807, 2.05) is 0 Å². The number of nitrogens with one attached hydrogen (secondary N) is 10. The average Bonchev–Trinajstić information content (AvgIpc) is 0.815. The predicted molar refractivity (Wildman–Crippen MR) is 494 cm³/mol. The second-order valence-corrected chi connectivity index (χ2v) is 35.5. The summed E-state index contributed by atoms with van der Waals surface area (Å²) < 4.78 is 83.8. The number of aliphatic hydroxyl groups is 9. The number of amides is 10. The second kappa shape index (κ2) is 77.4. The molecule has 3 saturated heterocycles. The molecule has 44 heteroatoms. The first-order chi connectivity index (χ1) is 65.4. The van der Waals surface area contributed by atoms with Crippen molar-refractivity contribution >= 4 is 59.1 Å². The van der Waals surface area contributed by atoms with Crippen LogP contribution in [0.5, 0.6) is 0 Å². The summed E-state index contributed by atoms with van der Waals surface area (Å²) >= 11 is 0. The van der Waals surface area contributed by atoms with Gasteiger partial charge in [-0.15, -0.1) is 0 Å². The van der Waals surface area contributed by atoms with Gasteiger partial charge in [0.15, 0.2) is 18.9 Å². The van der Waals surface area contributed by atoms with Gasteiger partial charge in [-0.3, -0.25) is 47.9 Å². The molecule has 0 aromatic heterocycles. The highest BCUT2D eigenvalue weighted by molar-refractivity contribution is 5.94. The largest absolute Gasteiger partial charge is 0.394 e. The monoisotopic (exact) mass is 1960 g/mol. The molecule has 0 unspecified atom stereocenters. The summed E-state index contributed by atoms with van der Waals surface area (Å²) in [6, 6.07) is -6.98. The third-order valence-corrected chi connectivity index (χ3v) is 22.5. The van der Waals surface area contributed by atoms with Crippen molar-refractivity contribution in [1.29, 1.82) is 0 Å². The van der Waals surface area contributed by atoms with Gasteiger partial charge in [-0.1, -0.05) is 124 Å². The Bertz CT molecular complexity index is 3180. The molecule has 0 radical (unpaired) electrons. The van der Waals surface area contributed by atoms with Crippen molar-refractivity contribution in [3.05, 3.63) is 0 Å². The highest BCUT2D eigenvalue weighted by Gasteiger charge is 2.48.